The van der Waals surface area contributed by atoms with Crippen molar-refractivity contribution in [2.24, 2.45) is 5.92 Å². The second-order valence-electron chi connectivity index (χ2n) is 6.35. The Morgan fingerprint density at radius 1 is 1.39 bits per heavy atom. The minimum absolute atomic E-state index is 0.0500. The Kier molecular flexibility index (Phi) is 4.52. The molecule has 1 aromatic carbocycles. The highest BCUT2D eigenvalue weighted by Crippen LogP contribution is 2.35. The van der Waals surface area contributed by atoms with Crippen LogP contribution in [0.2, 0.25) is 0 Å². The molecule has 2 fully saturated rings. The van der Waals surface area contributed by atoms with E-state index in [0.717, 1.165) is 18.4 Å². The average Bonchev–Trinajstić information content (AvgIpc) is 2.88. The van der Waals surface area contributed by atoms with Crippen molar-refractivity contribution in [3.8, 4) is 0 Å². The van der Waals surface area contributed by atoms with Gasteiger partial charge in [-0.1, -0.05) is 30.3 Å². The molecule has 2 aliphatic heterocycles. The lowest BCUT2D eigenvalue weighted by Crippen LogP contribution is -2.59. The van der Waals surface area contributed by atoms with Crippen LogP contribution in [0.25, 0.3) is 0 Å². The molecular weight excluding hydrogens is 296 g/mol. The molecular formula is C17H22N2O4. The number of amides is 2. The van der Waals surface area contributed by atoms with E-state index in [2.05, 4.69) is 5.32 Å². The smallest absolute Gasteiger partial charge is 0.410 e. The highest BCUT2D eigenvalue weighted by Gasteiger charge is 2.49. The first-order valence-electron chi connectivity index (χ1n) is 8.00. The number of ether oxygens (including phenoxy) is 1. The fourth-order valence-corrected chi connectivity index (χ4v) is 3.57. The molecule has 6 heteroatoms. The summed E-state index contributed by atoms with van der Waals surface area (Å²) in [7, 11) is 0. The topological polar surface area (TPSA) is 78.9 Å². The molecule has 3 rings (SSSR count). The number of piperidine rings is 1. The number of likely N-dealkylation sites (tertiary alicyclic amines) is 1. The minimum Gasteiger partial charge on any atom is -0.445 e. The third-order valence-electron chi connectivity index (χ3n) is 4.81. The molecule has 0 radical (unpaired) electrons. The van der Waals surface area contributed by atoms with Crippen molar-refractivity contribution in [2.75, 3.05) is 19.7 Å². The summed E-state index contributed by atoms with van der Waals surface area (Å²) in [5.41, 5.74) is 0.436. The van der Waals surface area contributed by atoms with E-state index in [1.165, 1.54) is 0 Å². The van der Waals surface area contributed by atoms with Gasteiger partial charge in [0.25, 0.3) is 0 Å². The van der Waals surface area contributed by atoms with Crippen LogP contribution in [0, 0.1) is 5.92 Å². The lowest BCUT2D eigenvalue weighted by atomic mass is 9.79. The Morgan fingerprint density at radius 3 is 2.91 bits per heavy atom. The summed E-state index contributed by atoms with van der Waals surface area (Å²) in [6, 6.07) is 9.53. The second kappa shape index (κ2) is 6.58. The fourth-order valence-electron chi connectivity index (χ4n) is 3.57. The number of carbonyl (C=O) groups excluding carboxylic acids is 2. The Hall–Kier alpha value is -2.08. The Morgan fingerprint density at radius 2 is 2.17 bits per heavy atom. The van der Waals surface area contributed by atoms with Gasteiger partial charge in [0, 0.05) is 32.0 Å². The van der Waals surface area contributed by atoms with Crippen molar-refractivity contribution in [1.29, 1.82) is 0 Å². The summed E-state index contributed by atoms with van der Waals surface area (Å²) in [5.74, 6) is -0.191. The van der Waals surface area contributed by atoms with Gasteiger partial charge in [0.15, 0.2) is 0 Å². The van der Waals surface area contributed by atoms with Gasteiger partial charge in [0.2, 0.25) is 5.91 Å². The van der Waals surface area contributed by atoms with Crippen LogP contribution in [0.4, 0.5) is 4.79 Å². The van der Waals surface area contributed by atoms with Crippen LogP contribution in [0.15, 0.2) is 30.3 Å². The molecule has 23 heavy (non-hydrogen) atoms. The van der Waals surface area contributed by atoms with Crippen molar-refractivity contribution >= 4 is 12.0 Å². The van der Waals surface area contributed by atoms with Crippen molar-refractivity contribution in [3.05, 3.63) is 35.9 Å². The van der Waals surface area contributed by atoms with Gasteiger partial charge >= 0.3 is 6.09 Å². The number of hydrogen-bond acceptors (Lipinski definition) is 4. The predicted octanol–water partition coefficient (Wildman–Crippen LogP) is 1.29. The van der Waals surface area contributed by atoms with Crippen molar-refractivity contribution in [3.63, 3.8) is 0 Å². The van der Waals surface area contributed by atoms with Crippen molar-refractivity contribution in [2.45, 2.75) is 31.4 Å². The Balaban J connectivity index is 1.62. The van der Waals surface area contributed by atoms with E-state index in [-0.39, 0.29) is 31.1 Å². The van der Waals surface area contributed by atoms with Crippen LogP contribution in [0.5, 0.6) is 0 Å². The lowest BCUT2D eigenvalue weighted by molar-refractivity contribution is -0.120. The van der Waals surface area contributed by atoms with Crippen LogP contribution in [-0.4, -0.2) is 47.2 Å². The average molecular weight is 318 g/mol. The fraction of sp³-hybridized carbons (Fsp3) is 0.529. The molecule has 2 atom stereocenters. The maximum Gasteiger partial charge on any atom is 0.410 e. The summed E-state index contributed by atoms with van der Waals surface area (Å²) in [6.07, 6.45) is 1.53. The maximum absolute atomic E-state index is 12.3. The number of rotatable bonds is 3. The molecule has 2 unspecified atom stereocenters. The summed E-state index contributed by atoms with van der Waals surface area (Å²) in [6.45, 7) is 1.20. The standard InChI is InChI=1S/C17H22N2O4/c20-10-14-9-15(21)18-17(14)7-4-8-19(12-17)16(22)23-11-13-5-2-1-3-6-13/h1-3,5-6,14,20H,4,7-12H2,(H,18,21). The summed E-state index contributed by atoms with van der Waals surface area (Å²) < 4.78 is 5.38. The van der Waals surface area contributed by atoms with Gasteiger partial charge < -0.3 is 20.1 Å². The number of carbonyl (C=O) groups is 2. The monoisotopic (exact) mass is 318 g/mol. The van der Waals surface area contributed by atoms with Crippen LogP contribution >= 0.6 is 0 Å². The molecule has 0 bridgehead atoms. The number of nitrogens with zero attached hydrogens (tertiary/aromatic N) is 1. The zero-order valence-electron chi connectivity index (χ0n) is 13.0. The Bertz CT molecular complexity index is 577. The number of hydrogen-bond donors (Lipinski definition) is 2. The second-order valence-corrected chi connectivity index (χ2v) is 6.35. The molecule has 0 saturated carbocycles. The normalized spacial score (nSPS) is 27.1. The zero-order valence-corrected chi connectivity index (χ0v) is 13.0. The molecule has 2 heterocycles. The predicted molar refractivity (Wildman–Crippen MR) is 83.5 cm³/mol. The summed E-state index contributed by atoms with van der Waals surface area (Å²) in [5, 5.41) is 12.5. The van der Waals surface area contributed by atoms with Gasteiger partial charge in [-0.3, -0.25) is 4.79 Å². The molecule has 0 aliphatic carbocycles. The molecule has 2 N–H and O–H groups in total. The number of benzene rings is 1. The first kappa shape index (κ1) is 15.8. The van der Waals surface area contributed by atoms with E-state index < -0.39 is 5.54 Å². The summed E-state index contributed by atoms with van der Waals surface area (Å²) >= 11 is 0. The van der Waals surface area contributed by atoms with E-state index in [0.29, 0.717) is 19.5 Å². The number of aliphatic hydroxyl groups excluding tert-OH is 1. The molecule has 6 nitrogen and oxygen atoms in total. The van der Waals surface area contributed by atoms with Gasteiger partial charge in [0.1, 0.15) is 6.61 Å². The highest BCUT2D eigenvalue weighted by molar-refractivity contribution is 5.80. The summed E-state index contributed by atoms with van der Waals surface area (Å²) in [4.78, 5) is 25.7. The van der Waals surface area contributed by atoms with E-state index in [9.17, 15) is 14.7 Å². The SMILES string of the molecule is O=C1CC(CO)C2(CCCN(C(=O)OCc3ccccc3)C2)N1. The first-order valence-corrected chi connectivity index (χ1v) is 8.00. The minimum atomic E-state index is -0.504. The van der Waals surface area contributed by atoms with Crippen LogP contribution < -0.4 is 5.32 Å². The van der Waals surface area contributed by atoms with E-state index in [4.69, 9.17) is 4.74 Å². The molecule has 1 aromatic rings. The van der Waals surface area contributed by atoms with Crippen LogP contribution in [0.1, 0.15) is 24.8 Å². The van der Waals surface area contributed by atoms with E-state index in [1.807, 2.05) is 30.3 Å². The first-order chi connectivity index (χ1) is 11.1. The lowest BCUT2D eigenvalue weighted by Gasteiger charge is -2.42. The molecule has 1 spiro atoms. The van der Waals surface area contributed by atoms with Crippen molar-refractivity contribution < 1.29 is 19.4 Å². The number of nitrogens with one attached hydrogen (secondary N) is 1. The van der Waals surface area contributed by atoms with E-state index >= 15 is 0 Å². The van der Waals surface area contributed by atoms with Gasteiger partial charge in [0.05, 0.1) is 5.54 Å². The van der Waals surface area contributed by atoms with Gasteiger partial charge in [-0.15, -0.1) is 0 Å². The molecule has 2 saturated heterocycles. The zero-order chi connectivity index (χ0) is 16.3. The molecule has 2 amide bonds. The third-order valence-corrected chi connectivity index (χ3v) is 4.81. The maximum atomic E-state index is 12.3. The van der Waals surface area contributed by atoms with Gasteiger partial charge in [-0.2, -0.15) is 0 Å². The largest absolute Gasteiger partial charge is 0.445 e. The molecule has 2 aliphatic rings. The van der Waals surface area contributed by atoms with Crippen molar-refractivity contribution in [1.82, 2.24) is 10.2 Å². The van der Waals surface area contributed by atoms with Gasteiger partial charge in [-0.25, -0.2) is 4.79 Å². The number of aliphatic hydroxyl groups is 1. The van der Waals surface area contributed by atoms with Crippen LogP contribution in [-0.2, 0) is 16.1 Å². The third kappa shape index (κ3) is 3.32. The molecule has 124 valence electrons. The quantitative estimate of drug-likeness (QED) is 0.880. The molecule has 0 aromatic heterocycles. The highest BCUT2D eigenvalue weighted by atomic mass is 16.6. The van der Waals surface area contributed by atoms with Gasteiger partial charge in [-0.05, 0) is 18.4 Å². The van der Waals surface area contributed by atoms with E-state index in [1.54, 1.807) is 4.90 Å². The Labute approximate surface area is 135 Å². The van der Waals surface area contributed by atoms with Crippen LogP contribution in [0.3, 0.4) is 0 Å².